The highest BCUT2D eigenvalue weighted by molar-refractivity contribution is 5.68. The van der Waals surface area contributed by atoms with Gasteiger partial charge in [-0.2, -0.15) is 0 Å². The molecule has 1 amide bonds. The molecule has 126 valence electrons. The Morgan fingerprint density at radius 2 is 1.73 bits per heavy atom. The van der Waals surface area contributed by atoms with Crippen molar-refractivity contribution in [2.45, 2.75) is 64.9 Å². The Morgan fingerprint density at radius 1 is 1.09 bits per heavy atom. The van der Waals surface area contributed by atoms with E-state index in [9.17, 15) is 4.79 Å². The largest absolute Gasteiger partial charge is 0.444 e. The van der Waals surface area contributed by atoms with Gasteiger partial charge in [0.1, 0.15) is 5.60 Å². The quantitative estimate of drug-likeness (QED) is 0.807. The molecule has 0 aromatic rings. The fourth-order valence-electron chi connectivity index (χ4n) is 4.78. The van der Waals surface area contributed by atoms with Gasteiger partial charge in [0.25, 0.3) is 0 Å². The molecular formula is C18H32N2O2. The molecule has 0 aromatic heterocycles. The van der Waals surface area contributed by atoms with Crippen molar-refractivity contribution < 1.29 is 9.53 Å². The van der Waals surface area contributed by atoms with Crippen molar-refractivity contribution in [1.82, 2.24) is 10.2 Å². The summed E-state index contributed by atoms with van der Waals surface area (Å²) in [6.45, 7) is 9.98. The Hall–Kier alpha value is -0.770. The Labute approximate surface area is 135 Å². The molecule has 4 heteroatoms. The smallest absolute Gasteiger partial charge is 0.410 e. The highest BCUT2D eigenvalue weighted by Gasteiger charge is 2.51. The van der Waals surface area contributed by atoms with Gasteiger partial charge in [0, 0.05) is 13.1 Å². The third-order valence-corrected chi connectivity index (χ3v) is 6.10. The Kier molecular flexibility index (Phi) is 4.41. The molecule has 1 unspecified atom stereocenters. The molecule has 0 aromatic carbocycles. The van der Waals surface area contributed by atoms with Crippen LogP contribution >= 0.6 is 0 Å². The molecule has 3 fully saturated rings. The minimum atomic E-state index is -0.389. The summed E-state index contributed by atoms with van der Waals surface area (Å²) >= 11 is 0. The maximum absolute atomic E-state index is 12.2. The van der Waals surface area contributed by atoms with Crippen LogP contribution in [-0.2, 0) is 4.74 Å². The van der Waals surface area contributed by atoms with E-state index in [1.54, 1.807) is 0 Å². The second-order valence-electron chi connectivity index (χ2n) is 8.56. The number of carbonyl (C=O) groups is 1. The molecule has 0 bridgehead atoms. The van der Waals surface area contributed by atoms with E-state index in [1.165, 1.54) is 51.6 Å². The van der Waals surface area contributed by atoms with E-state index in [0.717, 1.165) is 24.9 Å². The molecule has 22 heavy (non-hydrogen) atoms. The van der Waals surface area contributed by atoms with Gasteiger partial charge in [-0.3, -0.25) is 0 Å². The number of piperidine rings is 2. The second-order valence-corrected chi connectivity index (χ2v) is 8.56. The van der Waals surface area contributed by atoms with Crippen molar-refractivity contribution in [3.63, 3.8) is 0 Å². The number of rotatable bonds is 1. The standard InChI is InChI=1S/C18H32N2O2/c1-17(2,3)22-16(21)20-12-8-18(9-13-20)7-4-15(18)14-5-10-19-11-6-14/h14-15,19H,4-13H2,1-3H3. The number of ether oxygens (including phenoxy) is 1. The topological polar surface area (TPSA) is 41.6 Å². The summed E-state index contributed by atoms with van der Waals surface area (Å²) in [5.41, 5.74) is 0.154. The van der Waals surface area contributed by atoms with E-state index < -0.39 is 0 Å². The molecule has 3 rings (SSSR count). The lowest BCUT2D eigenvalue weighted by Crippen LogP contribution is -2.54. The van der Waals surface area contributed by atoms with Gasteiger partial charge in [0.2, 0.25) is 0 Å². The number of amides is 1. The van der Waals surface area contributed by atoms with Gasteiger partial charge in [-0.1, -0.05) is 0 Å². The molecule has 1 N–H and O–H groups in total. The van der Waals surface area contributed by atoms with Crippen LogP contribution in [0.4, 0.5) is 4.79 Å². The first-order valence-corrected chi connectivity index (χ1v) is 9.08. The highest BCUT2D eigenvalue weighted by Crippen LogP contribution is 2.58. The van der Waals surface area contributed by atoms with Crippen LogP contribution in [0.15, 0.2) is 0 Å². The van der Waals surface area contributed by atoms with E-state index in [4.69, 9.17) is 4.74 Å². The molecule has 4 nitrogen and oxygen atoms in total. The van der Waals surface area contributed by atoms with Gasteiger partial charge in [0.05, 0.1) is 0 Å². The van der Waals surface area contributed by atoms with E-state index in [2.05, 4.69) is 5.32 Å². The highest BCUT2D eigenvalue weighted by atomic mass is 16.6. The third kappa shape index (κ3) is 3.27. The lowest BCUT2D eigenvalue weighted by molar-refractivity contribution is -0.0721. The van der Waals surface area contributed by atoms with Gasteiger partial charge in [-0.05, 0) is 89.6 Å². The van der Waals surface area contributed by atoms with Gasteiger partial charge < -0.3 is 15.0 Å². The number of carbonyl (C=O) groups excluding carboxylic acids is 1. The summed E-state index contributed by atoms with van der Waals surface area (Å²) in [5.74, 6) is 1.83. The van der Waals surface area contributed by atoms with Crippen molar-refractivity contribution in [1.29, 1.82) is 0 Å². The van der Waals surface area contributed by atoms with Crippen LogP contribution in [0, 0.1) is 17.3 Å². The number of hydrogen-bond acceptors (Lipinski definition) is 3. The zero-order chi connectivity index (χ0) is 15.8. The van der Waals surface area contributed by atoms with E-state index >= 15 is 0 Å². The molecule has 2 aliphatic heterocycles. The summed E-state index contributed by atoms with van der Waals surface area (Å²) in [6.07, 6.45) is 7.73. The Bertz CT molecular complexity index is 402. The van der Waals surface area contributed by atoms with Crippen LogP contribution in [-0.4, -0.2) is 42.8 Å². The first kappa shape index (κ1) is 16.1. The number of hydrogen-bond donors (Lipinski definition) is 1. The Morgan fingerprint density at radius 3 is 2.23 bits per heavy atom. The van der Waals surface area contributed by atoms with Crippen molar-refractivity contribution in [2.75, 3.05) is 26.2 Å². The minimum Gasteiger partial charge on any atom is -0.444 e. The molecule has 1 saturated carbocycles. The van der Waals surface area contributed by atoms with Crippen molar-refractivity contribution in [3.8, 4) is 0 Å². The molecule has 3 aliphatic rings. The van der Waals surface area contributed by atoms with Crippen LogP contribution in [0.1, 0.15) is 59.3 Å². The van der Waals surface area contributed by atoms with Crippen LogP contribution in [0.2, 0.25) is 0 Å². The molecule has 2 saturated heterocycles. The summed E-state index contributed by atoms with van der Waals surface area (Å²) in [7, 11) is 0. The van der Waals surface area contributed by atoms with E-state index in [0.29, 0.717) is 5.41 Å². The summed E-state index contributed by atoms with van der Waals surface area (Å²) in [5, 5.41) is 3.48. The first-order chi connectivity index (χ1) is 10.4. The zero-order valence-corrected chi connectivity index (χ0v) is 14.5. The Balaban J connectivity index is 1.53. The minimum absolute atomic E-state index is 0.125. The lowest BCUT2D eigenvalue weighted by atomic mass is 9.51. The number of nitrogens with zero attached hydrogens (tertiary/aromatic N) is 1. The maximum Gasteiger partial charge on any atom is 0.410 e. The number of likely N-dealkylation sites (tertiary alicyclic amines) is 1. The normalized spacial score (nSPS) is 29.2. The van der Waals surface area contributed by atoms with Gasteiger partial charge in [0.15, 0.2) is 0 Å². The summed E-state index contributed by atoms with van der Waals surface area (Å²) in [4.78, 5) is 14.1. The summed E-state index contributed by atoms with van der Waals surface area (Å²) in [6, 6.07) is 0. The second kappa shape index (κ2) is 6.03. The first-order valence-electron chi connectivity index (χ1n) is 9.08. The molecule has 1 spiro atoms. The van der Waals surface area contributed by atoms with Crippen molar-refractivity contribution in [2.24, 2.45) is 17.3 Å². The molecule has 1 aliphatic carbocycles. The van der Waals surface area contributed by atoms with Gasteiger partial charge in [-0.25, -0.2) is 4.79 Å². The van der Waals surface area contributed by atoms with Crippen LogP contribution < -0.4 is 5.32 Å². The monoisotopic (exact) mass is 308 g/mol. The molecule has 2 heterocycles. The molecular weight excluding hydrogens is 276 g/mol. The van der Waals surface area contributed by atoms with Crippen LogP contribution in [0.3, 0.4) is 0 Å². The predicted molar refractivity (Wildman–Crippen MR) is 87.8 cm³/mol. The lowest BCUT2D eigenvalue weighted by Gasteiger charge is -2.57. The fourth-order valence-corrected chi connectivity index (χ4v) is 4.78. The third-order valence-electron chi connectivity index (χ3n) is 6.10. The predicted octanol–water partition coefficient (Wildman–Crippen LogP) is 3.41. The van der Waals surface area contributed by atoms with E-state index in [1.807, 2.05) is 25.7 Å². The molecule has 1 atom stereocenters. The van der Waals surface area contributed by atoms with Gasteiger partial charge in [-0.15, -0.1) is 0 Å². The van der Waals surface area contributed by atoms with Gasteiger partial charge >= 0.3 is 6.09 Å². The van der Waals surface area contributed by atoms with Crippen LogP contribution in [0.5, 0.6) is 0 Å². The SMILES string of the molecule is CC(C)(C)OC(=O)N1CCC2(CCC2C2CCNCC2)CC1. The fraction of sp³-hybridized carbons (Fsp3) is 0.944. The summed E-state index contributed by atoms with van der Waals surface area (Å²) < 4.78 is 5.52. The average Bonchev–Trinajstić information content (AvgIpc) is 2.45. The zero-order valence-electron chi connectivity index (χ0n) is 14.5. The number of nitrogens with one attached hydrogen (secondary N) is 1. The van der Waals surface area contributed by atoms with Crippen molar-refractivity contribution in [3.05, 3.63) is 0 Å². The van der Waals surface area contributed by atoms with Crippen molar-refractivity contribution >= 4 is 6.09 Å². The molecule has 0 radical (unpaired) electrons. The average molecular weight is 308 g/mol. The van der Waals surface area contributed by atoms with Crippen LogP contribution in [0.25, 0.3) is 0 Å². The maximum atomic E-state index is 12.2. The van der Waals surface area contributed by atoms with E-state index in [-0.39, 0.29) is 11.7 Å².